The number of phosphoric acid groups is 2. The standard InChI is InChI=1S/C47H79N3O16P2/c1-4-5-6-7-18-23-28-38(51)29-24-19-14-11-12-15-20-25-30-42(52)61-34-39(64-43(53)31-26-21-16-10-8-9-13-17-22-27-37(2)3)35-62-67(57,58)66-68(59,60)63-36-40-44(54)45(55)46(65-40)50-33-32-41(48)49-47(50)56/h12,14-15,18-19,23-24,29,32-33,37-40,44-46,51,54-55H,4-11,13,16-17,20-22,25-28,30-31,34-36H2,1-3H3,(H,57,58)(H,59,60)(H2,48,49,56)/b15-12-,19-14-,23-18-,29-24+/t38-,39-,40-,44-,45-,46-/m1/s1. The van der Waals surface area contributed by atoms with Gasteiger partial charge in [0.15, 0.2) is 12.3 Å². The average molecular weight is 1000 g/mol. The van der Waals surface area contributed by atoms with Crippen LogP contribution in [0.15, 0.2) is 65.7 Å². The van der Waals surface area contributed by atoms with Crippen LogP contribution in [0.3, 0.4) is 0 Å². The molecule has 0 aliphatic carbocycles. The molecule has 7 N–H and O–H groups in total. The molecule has 2 rings (SSSR count). The normalized spacial score (nSPS) is 20.4. The molecule has 2 unspecified atom stereocenters. The van der Waals surface area contributed by atoms with E-state index in [1.54, 1.807) is 12.2 Å². The van der Waals surface area contributed by atoms with Crippen molar-refractivity contribution in [3.63, 3.8) is 0 Å². The van der Waals surface area contributed by atoms with E-state index in [0.717, 1.165) is 55.2 Å². The lowest BCUT2D eigenvalue weighted by atomic mass is 10.0. The van der Waals surface area contributed by atoms with Crippen LogP contribution >= 0.6 is 15.6 Å². The monoisotopic (exact) mass is 1000 g/mol. The molecule has 0 spiro atoms. The number of hydrogen-bond acceptors (Lipinski definition) is 16. The van der Waals surface area contributed by atoms with Crippen LogP contribution < -0.4 is 11.4 Å². The van der Waals surface area contributed by atoms with Crippen molar-refractivity contribution in [2.24, 2.45) is 5.92 Å². The molecule has 68 heavy (non-hydrogen) atoms. The Kier molecular flexibility index (Phi) is 31.2. The van der Waals surface area contributed by atoms with Crippen molar-refractivity contribution in [3.8, 4) is 0 Å². The predicted molar refractivity (Wildman–Crippen MR) is 258 cm³/mol. The van der Waals surface area contributed by atoms with Gasteiger partial charge in [-0.05, 0) is 56.9 Å². The molecule has 0 saturated carbocycles. The van der Waals surface area contributed by atoms with Gasteiger partial charge in [0.05, 0.1) is 19.3 Å². The van der Waals surface area contributed by atoms with Gasteiger partial charge in [-0.25, -0.2) is 13.9 Å². The van der Waals surface area contributed by atoms with E-state index < -0.39 is 89.8 Å². The maximum Gasteiger partial charge on any atom is 0.481 e. The number of ether oxygens (including phenoxy) is 3. The van der Waals surface area contributed by atoms with Crippen LogP contribution in [0.25, 0.3) is 0 Å². The van der Waals surface area contributed by atoms with Crippen molar-refractivity contribution in [1.82, 2.24) is 9.55 Å². The van der Waals surface area contributed by atoms with Crippen molar-refractivity contribution in [1.29, 1.82) is 0 Å². The number of nitrogen functional groups attached to an aromatic ring is 1. The zero-order valence-electron chi connectivity index (χ0n) is 40.2. The van der Waals surface area contributed by atoms with Crippen molar-refractivity contribution in [2.45, 2.75) is 186 Å². The molecular weight excluding hydrogens is 924 g/mol. The number of carbonyl (C=O) groups is 2. The number of unbranched alkanes of at least 4 members (excludes halogenated alkanes) is 12. The number of esters is 2. The zero-order chi connectivity index (χ0) is 50.2. The molecule has 1 aromatic rings. The first-order valence-corrected chi connectivity index (χ1v) is 27.1. The Morgan fingerprint density at radius 3 is 2.16 bits per heavy atom. The first-order valence-electron chi connectivity index (χ1n) is 24.1. The topological polar surface area (TPSA) is 286 Å². The fourth-order valence-electron chi connectivity index (χ4n) is 6.87. The zero-order valence-corrected chi connectivity index (χ0v) is 42.0. The smallest absolute Gasteiger partial charge is 0.462 e. The molecule has 1 aliphatic heterocycles. The molecule has 19 nitrogen and oxygen atoms in total. The van der Waals surface area contributed by atoms with Crippen LogP contribution in [0.1, 0.15) is 155 Å². The van der Waals surface area contributed by atoms with Gasteiger partial charge in [-0.1, -0.05) is 140 Å². The summed E-state index contributed by atoms with van der Waals surface area (Å²) in [5.74, 6) is -0.689. The number of carbonyl (C=O) groups excluding carboxylic acids is 2. The van der Waals surface area contributed by atoms with Crippen LogP contribution in [0.4, 0.5) is 5.82 Å². The minimum atomic E-state index is -5.44. The highest BCUT2D eigenvalue weighted by atomic mass is 31.3. The summed E-state index contributed by atoms with van der Waals surface area (Å²) in [6.07, 6.45) is 25.4. The van der Waals surface area contributed by atoms with Crippen LogP contribution in [-0.2, 0) is 46.3 Å². The molecule has 1 saturated heterocycles. The number of nitrogens with zero attached hydrogens (tertiary/aromatic N) is 2. The number of aromatic nitrogens is 2. The summed E-state index contributed by atoms with van der Waals surface area (Å²) in [6, 6.07) is 1.24. The predicted octanol–water partition coefficient (Wildman–Crippen LogP) is 8.21. The molecule has 21 heteroatoms. The van der Waals surface area contributed by atoms with E-state index in [1.807, 2.05) is 30.4 Å². The summed E-state index contributed by atoms with van der Waals surface area (Å²) in [5.41, 5.74) is 4.57. The first kappa shape index (κ1) is 60.8. The van der Waals surface area contributed by atoms with E-state index in [1.165, 1.54) is 51.0 Å². The molecular formula is C47H79N3O16P2. The number of nitrogens with two attached hydrogens (primary N) is 1. The molecule has 0 amide bonds. The number of phosphoric ester groups is 2. The van der Waals surface area contributed by atoms with Gasteiger partial charge < -0.3 is 45.1 Å². The average Bonchev–Trinajstić information content (AvgIpc) is 3.55. The highest BCUT2D eigenvalue weighted by Crippen LogP contribution is 2.60. The first-order chi connectivity index (χ1) is 32.4. The van der Waals surface area contributed by atoms with E-state index in [9.17, 15) is 48.6 Å². The van der Waals surface area contributed by atoms with Crippen molar-refractivity contribution in [3.05, 3.63) is 71.4 Å². The lowest BCUT2D eigenvalue weighted by Crippen LogP contribution is -2.36. The van der Waals surface area contributed by atoms with Crippen molar-refractivity contribution >= 4 is 33.4 Å². The third kappa shape index (κ3) is 28.4. The largest absolute Gasteiger partial charge is 0.481 e. The SMILES string of the molecule is CCCCC/C=C\C[C@@H](O)/C=C/C=C\C/C=C\CCCC(=O)OC[C@H](COP(=O)(O)OP(=O)(O)OC[C@H]1O[C@@H](n2ccc(N)nc2=O)[C@H](O)[C@@H]1O)OC(=O)CCCCCCCCCCCC(C)C. The molecule has 0 radical (unpaired) electrons. The van der Waals surface area contributed by atoms with Gasteiger partial charge in [0.25, 0.3) is 0 Å². The lowest BCUT2D eigenvalue weighted by molar-refractivity contribution is -0.161. The highest BCUT2D eigenvalue weighted by molar-refractivity contribution is 7.61. The van der Waals surface area contributed by atoms with Crippen molar-refractivity contribution < 1.29 is 71.4 Å². The Bertz CT molecular complexity index is 1860. The summed E-state index contributed by atoms with van der Waals surface area (Å²) in [7, 11) is -10.9. The second-order valence-corrected chi connectivity index (χ2v) is 20.3. The maximum atomic E-state index is 12.8. The van der Waals surface area contributed by atoms with E-state index >= 15 is 0 Å². The Balaban J connectivity index is 1.85. The van der Waals surface area contributed by atoms with Gasteiger partial charge in [-0.3, -0.25) is 23.2 Å². The van der Waals surface area contributed by atoms with E-state index in [0.29, 0.717) is 32.1 Å². The van der Waals surface area contributed by atoms with E-state index in [4.69, 9.17) is 29.0 Å². The number of aliphatic hydroxyl groups excluding tert-OH is 3. The third-order valence-corrected chi connectivity index (χ3v) is 13.3. The minimum absolute atomic E-state index is 0.0186. The van der Waals surface area contributed by atoms with Crippen molar-refractivity contribution in [2.75, 3.05) is 25.6 Å². The second-order valence-electron chi connectivity index (χ2n) is 17.3. The second kappa shape index (κ2) is 34.9. The van der Waals surface area contributed by atoms with Gasteiger partial charge in [-0.15, -0.1) is 0 Å². The van der Waals surface area contributed by atoms with Crippen LogP contribution in [0.2, 0.25) is 0 Å². The number of rotatable bonds is 38. The lowest BCUT2D eigenvalue weighted by Gasteiger charge is -2.21. The quantitative estimate of drug-likeness (QED) is 0.0120. The summed E-state index contributed by atoms with van der Waals surface area (Å²) < 4.78 is 56.5. The van der Waals surface area contributed by atoms with Crippen LogP contribution in [0, 0.1) is 5.92 Å². The molecule has 388 valence electrons. The van der Waals surface area contributed by atoms with Gasteiger partial charge in [0.2, 0.25) is 0 Å². The third-order valence-electron chi connectivity index (χ3n) is 10.7. The fourth-order valence-corrected chi connectivity index (χ4v) is 8.98. The molecule has 0 bridgehead atoms. The Morgan fingerprint density at radius 1 is 0.824 bits per heavy atom. The molecule has 1 aromatic heterocycles. The highest BCUT2D eigenvalue weighted by Gasteiger charge is 2.46. The van der Waals surface area contributed by atoms with Crippen LogP contribution in [-0.4, -0.2) is 96.9 Å². The fraction of sp³-hybridized carbons (Fsp3) is 0.702. The number of aliphatic hydroxyl groups is 3. The molecule has 8 atom stereocenters. The van der Waals surface area contributed by atoms with Gasteiger partial charge >= 0.3 is 33.3 Å². The molecule has 2 heterocycles. The van der Waals surface area contributed by atoms with Crippen LogP contribution in [0.5, 0.6) is 0 Å². The number of anilines is 1. The minimum Gasteiger partial charge on any atom is -0.462 e. The maximum absolute atomic E-state index is 12.8. The molecule has 1 aliphatic rings. The summed E-state index contributed by atoms with van der Waals surface area (Å²) in [5, 5.41) is 30.9. The Morgan fingerprint density at radius 2 is 1.47 bits per heavy atom. The van der Waals surface area contributed by atoms with Gasteiger partial charge in [0.1, 0.15) is 30.7 Å². The summed E-state index contributed by atoms with van der Waals surface area (Å²) >= 11 is 0. The van der Waals surface area contributed by atoms with E-state index in [-0.39, 0.29) is 18.7 Å². The Labute approximate surface area is 402 Å². The number of hydrogen-bond donors (Lipinski definition) is 6. The molecule has 1 fully saturated rings. The van der Waals surface area contributed by atoms with Gasteiger partial charge in [0, 0.05) is 19.0 Å². The van der Waals surface area contributed by atoms with Gasteiger partial charge in [-0.2, -0.15) is 9.29 Å². The van der Waals surface area contributed by atoms with E-state index in [2.05, 4.69) is 36.1 Å². The Hall–Kier alpha value is -3.32. The summed E-state index contributed by atoms with van der Waals surface area (Å²) in [4.78, 5) is 61.7. The molecule has 0 aromatic carbocycles. The number of allylic oxidation sites excluding steroid dienone is 6. The summed E-state index contributed by atoms with van der Waals surface area (Å²) in [6.45, 7) is 4.23.